The lowest BCUT2D eigenvalue weighted by Crippen LogP contribution is -2.43. The van der Waals surface area contributed by atoms with Gasteiger partial charge < -0.3 is 34.9 Å². The summed E-state index contributed by atoms with van der Waals surface area (Å²) < 4.78 is 23.6. The van der Waals surface area contributed by atoms with Gasteiger partial charge in [0.1, 0.15) is 0 Å². The minimum Gasteiger partial charge on any atom is -0.380 e. The Labute approximate surface area is 317 Å². The fourth-order valence-corrected chi connectivity index (χ4v) is 5.18. The number of terminal acetylenes is 1. The highest BCUT2D eigenvalue weighted by molar-refractivity contribution is 6.14. The molecule has 0 atom stereocenters. The highest BCUT2D eigenvalue weighted by atomic mass is 16.5. The van der Waals surface area contributed by atoms with E-state index in [9.17, 15) is 43.2 Å². The van der Waals surface area contributed by atoms with Crippen LogP contribution in [0, 0.1) is 17.8 Å². The molecule has 3 aliphatic heterocycles. The van der Waals surface area contributed by atoms with Crippen molar-refractivity contribution in [3.63, 3.8) is 0 Å². The van der Waals surface area contributed by atoms with E-state index in [0.29, 0.717) is 6.42 Å². The van der Waals surface area contributed by atoms with Crippen molar-refractivity contribution < 1.29 is 62.1 Å². The maximum atomic E-state index is 12.3. The number of amides is 9. The van der Waals surface area contributed by atoms with Crippen molar-refractivity contribution >= 4 is 53.2 Å². The molecule has 0 aromatic rings. The zero-order chi connectivity index (χ0) is 40.1. The maximum absolute atomic E-state index is 12.3. The lowest BCUT2D eigenvalue weighted by atomic mass is 9.92. The molecule has 0 aromatic heterocycles. The minimum atomic E-state index is -0.928. The molecule has 0 saturated heterocycles. The summed E-state index contributed by atoms with van der Waals surface area (Å²) in [5.41, 5.74) is -0.928. The van der Waals surface area contributed by atoms with Gasteiger partial charge in [-0.25, -0.2) is 0 Å². The largest absolute Gasteiger partial charge is 0.380 e. The van der Waals surface area contributed by atoms with Gasteiger partial charge in [0.05, 0.1) is 58.3 Å². The highest BCUT2D eigenvalue weighted by Crippen LogP contribution is 2.21. The molecule has 0 radical (unpaired) electrons. The average molecular weight is 771 g/mol. The van der Waals surface area contributed by atoms with Crippen LogP contribution in [0.3, 0.4) is 0 Å². The van der Waals surface area contributed by atoms with E-state index in [2.05, 4.69) is 21.9 Å². The number of carbonyl (C=O) groups is 9. The van der Waals surface area contributed by atoms with E-state index in [4.69, 9.17) is 25.4 Å². The number of hydrogen-bond acceptors (Lipinski definition) is 13. The first-order valence-electron chi connectivity index (χ1n) is 17.6. The molecule has 0 unspecified atom stereocenters. The van der Waals surface area contributed by atoms with Gasteiger partial charge in [-0.15, -0.1) is 12.3 Å². The number of imide groups is 3. The number of carbonyl (C=O) groups excluding carboxylic acids is 9. The monoisotopic (exact) mass is 770 g/mol. The van der Waals surface area contributed by atoms with Crippen molar-refractivity contribution in [1.82, 2.24) is 30.7 Å². The third-order valence-electron chi connectivity index (χ3n) is 8.12. The maximum Gasteiger partial charge on any atom is 0.253 e. The van der Waals surface area contributed by atoms with E-state index in [-0.39, 0.29) is 129 Å². The molecule has 3 rings (SSSR count). The van der Waals surface area contributed by atoms with Crippen molar-refractivity contribution in [2.45, 2.75) is 25.7 Å². The van der Waals surface area contributed by atoms with Crippen LogP contribution in [-0.2, 0) is 62.1 Å². The van der Waals surface area contributed by atoms with Gasteiger partial charge in [-0.3, -0.25) is 57.9 Å². The van der Waals surface area contributed by atoms with Gasteiger partial charge in [0.25, 0.3) is 35.4 Å². The third kappa shape index (κ3) is 15.4. The number of hydrogen-bond donors (Lipinski definition) is 3. The van der Waals surface area contributed by atoms with E-state index >= 15 is 0 Å². The molecule has 3 N–H and O–H groups in total. The Morgan fingerprint density at radius 1 is 0.509 bits per heavy atom. The molecule has 0 spiro atoms. The van der Waals surface area contributed by atoms with E-state index in [0.717, 1.165) is 51.2 Å². The van der Waals surface area contributed by atoms with Crippen molar-refractivity contribution in [3.8, 4) is 12.3 Å². The van der Waals surface area contributed by atoms with Gasteiger partial charge in [-0.1, -0.05) is 0 Å². The Morgan fingerprint density at radius 3 is 1.05 bits per heavy atom. The summed E-state index contributed by atoms with van der Waals surface area (Å²) in [7, 11) is 0. The molecule has 298 valence electrons. The Balaban J connectivity index is 1.48. The zero-order valence-electron chi connectivity index (χ0n) is 30.4. The minimum absolute atomic E-state index is 0.0257. The second-order valence-corrected chi connectivity index (χ2v) is 12.4. The van der Waals surface area contributed by atoms with Crippen LogP contribution in [0.1, 0.15) is 25.7 Å². The van der Waals surface area contributed by atoms with Gasteiger partial charge >= 0.3 is 0 Å². The molecule has 0 bridgehead atoms. The fourth-order valence-electron chi connectivity index (χ4n) is 5.18. The van der Waals surface area contributed by atoms with Gasteiger partial charge in [0.15, 0.2) is 0 Å². The van der Waals surface area contributed by atoms with E-state index in [1.54, 1.807) is 0 Å². The van der Waals surface area contributed by atoms with Crippen molar-refractivity contribution in [2.24, 2.45) is 5.41 Å². The number of ether oxygens (including phenoxy) is 4. The molecular weight excluding hydrogens is 724 g/mol. The highest BCUT2D eigenvalue weighted by Gasteiger charge is 2.33. The van der Waals surface area contributed by atoms with Crippen molar-refractivity contribution in [1.29, 1.82) is 0 Å². The van der Waals surface area contributed by atoms with Gasteiger partial charge in [-0.2, -0.15) is 0 Å². The van der Waals surface area contributed by atoms with Gasteiger partial charge in [0.2, 0.25) is 17.7 Å². The molecule has 0 aliphatic carbocycles. The second-order valence-electron chi connectivity index (χ2n) is 12.4. The lowest BCUT2D eigenvalue weighted by Gasteiger charge is -2.33. The smallest absolute Gasteiger partial charge is 0.253 e. The summed E-state index contributed by atoms with van der Waals surface area (Å²) in [6.07, 6.45) is 12.3. The molecular formula is C36H46N6O13. The second kappa shape index (κ2) is 23.3. The standard InChI is InChI=1S/C36H46N6O13/c1-2-3-19-52-23-36(24-53-20-13-37-27(43)10-16-40-30(46)4-5-31(40)47,25-54-21-14-38-28(44)11-17-41-32(48)6-7-33(41)49)26-55-22-15-39-29(45)12-18-42-34(50)8-9-35(42)51/h1,4-9H,3,10-26H2,(H,37,43)(H,38,44)(H,39,45). The molecule has 55 heavy (non-hydrogen) atoms. The Kier molecular flexibility index (Phi) is 18.6. The van der Waals surface area contributed by atoms with E-state index in [1.165, 1.54) is 0 Å². The summed E-state index contributed by atoms with van der Waals surface area (Å²) in [4.78, 5) is 110. The number of nitrogens with zero attached hydrogens (tertiary/aromatic N) is 3. The molecule has 3 heterocycles. The van der Waals surface area contributed by atoms with Crippen molar-refractivity contribution in [3.05, 3.63) is 36.5 Å². The van der Waals surface area contributed by atoms with E-state index < -0.39 is 40.9 Å². The number of nitrogens with one attached hydrogen (secondary N) is 3. The normalized spacial score (nSPS) is 15.1. The quantitative estimate of drug-likeness (QED) is 0.0420. The number of rotatable bonds is 28. The Bertz CT molecular complexity index is 1360. The predicted molar refractivity (Wildman–Crippen MR) is 190 cm³/mol. The van der Waals surface area contributed by atoms with Crippen LogP contribution in [0.2, 0.25) is 0 Å². The van der Waals surface area contributed by atoms with Crippen LogP contribution in [-0.4, -0.2) is 160 Å². The summed E-state index contributed by atoms with van der Waals surface area (Å²) in [5, 5.41) is 8.02. The molecule has 3 aliphatic rings. The first kappa shape index (κ1) is 43.9. The van der Waals surface area contributed by atoms with E-state index in [1.807, 2.05) is 0 Å². The fraction of sp³-hybridized carbons (Fsp3) is 0.528. The lowest BCUT2D eigenvalue weighted by molar-refractivity contribution is -0.139. The van der Waals surface area contributed by atoms with Gasteiger partial charge in [-0.05, 0) is 0 Å². The van der Waals surface area contributed by atoms with Gasteiger partial charge in [0, 0.05) is 101 Å². The van der Waals surface area contributed by atoms with Crippen LogP contribution in [0.4, 0.5) is 0 Å². The summed E-state index contributed by atoms with van der Waals surface area (Å²) in [6.45, 7) is 0.754. The molecule has 0 aromatic carbocycles. The molecule has 19 heteroatoms. The topological polar surface area (TPSA) is 236 Å². The van der Waals surface area contributed by atoms with Crippen LogP contribution < -0.4 is 16.0 Å². The summed E-state index contributed by atoms with van der Waals surface area (Å²) in [5.74, 6) is -1.54. The summed E-state index contributed by atoms with van der Waals surface area (Å²) in [6, 6.07) is 0. The van der Waals surface area contributed by atoms with Crippen LogP contribution in [0.25, 0.3) is 0 Å². The Hall–Kier alpha value is -5.55. The molecule has 0 fully saturated rings. The Morgan fingerprint density at radius 2 is 0.782 bits per heavy atom. The van der Waals surface area contributed by atoms with Crippen LogP contribution in [0.5, 0.6) is 0 Å². The van der Waals surface area contributed by atoms with Crippen LogP contribution in [0.15, 0.2) is 36.5 Å². The zero-order valence-corrected chi connectivity index (χ0v) is 30.4. The van der Waals surface area contributed by atoms with Crippen molar-refractivity contribution in [2.75, 3.05) is 92.1 Å². The third-order valence-corrected chi connectivity index (χ3v) is 8.12. The summed E-state index contributed by atoms with van der Waals surface area (Å²) >= 11 is 0. The average Bonchev–Trinajstić information content (AvgIpc) is 3.78. The molecule has 9 amide bonds. The first-order valence-corrected chi connectivity index (χ1v) is 17.6. The first-order chi connectivity index (χ1) is 26.4. The predicted octanol–water partition coefficient (Wildman–Crippen LogP) is -2.64. The molecule has 0 saturated carbocycles. The molecule has 19 nitrogen and oxygen atoms in total. The SMILES string of the molecule is C#CCCOCC(COCCNC(=O)CCN1C(=O)C=CC1=O)(COCCNC(=O)CCN1C(=O)C=CC1=O)COCCNC(=O)CCN1C(=O)C=CC1=O. The van der Waals surface area contributed by atoms with Crippen LogP contribution >= 0.6 is 0 Å².